The van der Waals surface area contributed by atoms with Gasteiger partial charge in [0.25, 0.3) is 0 Å². The fourth-order valence-electron chi connectivity index (χ4n) is 1.63. The van der Waals surface area contributed by atoms with E-state index in [9.17, 15) is 9.59 Å². The van der Waals surface area contributed by atoms with Crippen molar-refractivity contribution in [2.24, 2.45) is 0 Å². The summed E-state index contributed by atoms with van der Waals surface area (Å²) in [6.45, 7) is 0.326. The summed E-state index contributed by atoms with van der Waals surface area (Å²) in [6, 6.07) is 14.2. The molecule has 90 valence electrons. The van der Waals surface area contributed by atoms with Crippen LogP contribution in [-0.2, 0) is 6.61 Å². The summed E-state index contributed by atoms with van der Waals surface area (Å²) in [7, 11) is 0. The van der Waals surface area contributed by atoms with Crippen LogP contribution in [0.5, 0.6) is 5.75 Å². The topological polar surface area (TPSA) is 43.4 Å². The minimum absolute atomic E-state index is 0.326. The lowest BCUT2D eigenvalue weighted by Crippen LogP contribution is -1.98. The van der Waals surface area contributed by atoms with Gasteiger partial charge in [-0.3, -0.25) is 9.59 Å². The highest BCUT2D eigenvalue weighted by Crippen LogP contribution is 2.17. The van der Waals surface area contributed by atoms with Crippen LogP contribution in [0.25, 0.3) is 0 Å². The Balaban J connectivity index is 2.11. The van der Waals surface area contributed by atoms with E-state index >= 15 is 0 Å². The van der Waals surface area contributed by atoms with Crippen molar-refractivity contribution < 1.29 is 14.3 Å². The van der Waals surface area contributed by atoms with Crippen LogP contribution < -0.4 is 4.74 Å². The molecule has 0 aliphatic carbocycles. The first-order chi connectivity index (χ1) is 8.83. The third kappa shape index (κ3) is 2.83. The SMILES string of the molecule is O=Cc1cccc(COc2ccccc2C=O)c1. The van der Waals surface area contributed by atoms with Crippen LogP contribution in [-0.4, -0.2) is 12.6 Å². The fraction of sp³-hybridized carbons (Fsp3) is 0.0667. The first-order valence-corrected chi connectivity index (χ1v) is 5.54. The zero-order valence-corrected chi connectivity index (χ0v) is 9.71. The lowest BCUT2D eigenvalue weighted by molar-refractivity contribution is 0.111. The van der Waals surface area contributed by atoms with Gasteiger partial charge in [0.05, 0.1) is 5.56 Å². The van der Waals surface area contributed by atoms with E-state index in [4.69, 9.17) is 4.74 Å². The molecule has 0 spiro atoms. The third-order valence-corrected chi connectivity index (χ3v) is 2.53. The van der Waals surface area contributed by atoms with Crippen molar-refractivity contribution in [3.8, 4) is 5.75 Å². The minimum Gasteiger partial charge on any atom is -0.488 e. The maximum absolute atomic E-state index is 10.8. The van der Waals surface area contributed by atoms with Gasteiger partial charge in [-0.2, -0.15) is 0 Å². The molecule has 2 aromatic carbocycles. The largest absolute Gasteiger partial charge is 0.488 e. The smallest absolute Gasteiger partial charge is 0.153 e. The number of aldehydes is 2. The van der Waals surface area contributed by atoms with Gasteiger partial charge in [0.2, 0.25) is 0 Å². The average molecular weight is 240 g/mol. The number of rotatable bonds is 5. The third-order valence-electron chi connectivity index (χ3n) is 2.53. The number of para-hydroxylation sites is 1. The number of ether oxygens (including phenoxy) is 1. The molecular weight excluding hydrogens is 228 g/mol. The summed E-state index contributed by atoms with van der Waals surface area (Å²) < 4.78 is 5.57. The summed E-state index contributed by atoms with van der Waals surface area (Å²) in [5.41, 5.74) is 2.02. The number of carbonyl (C=O) groups excluding carboxylic acids is 2. The first kappa shape index (κ1) is 12.0. The van der Waals surface area contributed by atoms with Gasteiger partial charge in [-0.25, -0.2) is 0 Å². The normalized spacial score (nSPS) is 9.78. The van der Waals surface area contributed by atoms with Crippen molar-refractivity contribution in [3.05, 3.63) is 65.2 Å². The average Bonchev–Trinajstić information content (AvgIpc) is 2.45. The first-order valence-electron chi connectivity index (χ1n) is 5.54. The predicted octanol–water partition coefficient (Wildman–Crippen LogP) is 2.89. The number of carbonyl (C=O) groups is 2. The van der Waals surface area contributed by atoms with E-state index < -0.39 is 0 Å². The molecule has 3 nitrogen and oxygen atoms in total. The highest BCUT2D eigenvalue weighted by molar-refractivity contribution is 5.79. The van der Waals surface area contributed by atoms with Crippen LogP contribution >= 0.6 is 0 Å². The number of benzene rings is 2. The van der Waals surface area contributed by atoms with Crippen molar-refractivity contribution in [2.75, 3.05) is 0 Å². The maximum Gasteiger partial charge on any atom is 0.153 e. The lowest BCUT2D eigenvalue weighted by Gasteiger charge is -2.08. The van der Waals surface area contributed by atoms with Crippen molar-refractivity contribution in [3.63, 3.8) is 0 Å². The molecule has 0 aliphatic rings. The zero-order chi connectivity index (χ0) is 12.8. The van der Waals surface area contributed by atoms with Gasteiger partial charge in [-0.1, -0.05) is 30.3 Å². The maximum atomic E-state index is 10.8. The van der Waals surface area contributed by atoms with E-state index in [1.54, 1.807) is 36.4 Å². The van der Waals surface area contributed by atoms with Crippen LogP contribution in [0.15, 0.2) is 48.5 Å². The van der Waals surface area contributed by atoms with Crippen molar-refractivity contribution in [1.29, 1.82) is 0 Å². The lowest BCUT2D eigenvalue weighted by atomic mass is 10.1. The minimum atomic E-state index is 0.326. The molecule has 0 saturated carbocycles. The molecule has 0 heterocycles. The Kier molecular flexibility index (Phi) is 3.86. The molecule has 0 aliphatic heterocycles. The fourth-order valence-corrected chi connectivity index (χ4v) is 1.63. The molecule has 0 radical (unpaired) electrons. The molecule has 0 amide bonds. The predicted molar refractivity (Wildman–Crippen MR) is 68.0 cm³/mol. The second-order valence-corrected chi connectivity index (χ2v) is 3.81. The number of hydrogen-bond acceptors (Lipinski definition) is 3. The quantitative estimate of drug-likeness (QED) is 0.755. The van der Waals surface area contributed by atoms with Crippen LogP contribution in [0.1, 0.15) is 26.3 Å². The molecule has 0 saturated heterocycles. The molecule has 0 N–H and O–H groups in total. The molecule has 0 bridgehead atoms. The molecule has 0 aromatic heterocycles. The molecule has 0 fully saturated rings. The molecule has 18 heavy (non-hydrogen) atoms. The van der Waals surface area contributed by atoms with E-state index in [1.807, 2.05) is 12.1 Å². The van der Waals surface area contributed by atoms with Gasteiger partial charge in [0, 0.05) is 5.56 Å². The Morgan fingerprint density at radius 2 is 1.78 bits per heavy atom. The molecule has 0 unspecified atom stereocenters. The monoisotopic (exact) mass is 240 g/mol. The summed E-state index contributed by atoms with van der Waals surface area (Å²) in [6.07, 6.45) is 1.56. The molecule has 0 atom stereocenters. The van der Waals surface area contributed by atoms with E-state index in [1.165, 1.54) is 0 Å². The summed E-state index contributed by atoms with van der Waals surface area (Å²) in [4.78, 5) is 21.5. The van der Waals surface area contributed by atoms with E-state index in [0.717, 1.165) is 18.1 Å². The van der Waals surface area contributed by atoms with Gasteiger partial charge in [-0.05, 0) is 23.8 Å². The van der Waals surface area contributed by atoms with Gasteiger partial charge < -0.3 is 4.74 Å². The molecule has 2 aromatic rings. The Morgan fingerprint density at radius 3 is 2.56 bits per heavy atom. The summed E-state index contributed by atoms with van der Waals surface area (Å²) >= 11 is 0. The molecule has 2 rings (SSSR count). The Morgan fingerprint density at radius 1 is 0.944 bits per heavy atom. The van der Waals surface area contributed by atoms with Crippen LogP contribution in [0, 0.1) is 0 Å². The van der Waals surface area contributed by atoms with Crippen LogP contribution in [0.3, 0.4) is 0 Å². The van der Waals surface area contributed by atoms with Gasteiger partial charge in [0.1, 0.15) is 18.6 Å². The summed E-state index contributed by atoms with van der Waals surface area (Å²) in [5.74, 6) is 0.545. The Bertz CT molecular complexity index is 561. The van der Waals surface area contributed by atoms with Gasteiger partial charge >= 0.3 is 0 Å². The highest BCUT2D eigenvalue weighted by atomic mass is 16.5. The molecule has 3 heteroatoms. The second-order valence-electron chi connectivity index (χ2n) is 3.81. The van der Waals surface area contributed by atoms with Crippen LogP contribution in [0.2, 0.25) is 0 Å². The number of hydrogen-bond donors (Lipinski definition) is 0. The second kappa shape index (κ2) is 5.77. The van der Waals surface area contributed by atoms with E-state index in [0.29, 0.717) is 23.5 Å². The molecular formula is C15H12O3. The Labute approximate surface area is 105 Å². The van der Waals surface area contributed by atoms with E-state index in [-0.39, 0.29) is 0 Å². The zero-order valence-electron chi connectivity index (χ0n) is 9.71. The van der Waals surface area contributed by atoms with Crippen LogP contribution in [0.4, 0.5) is 0 Å². The van der Waals surface area contributed by atoms with Crippen molar-refractivity contribution >= 4 is 12.6 Å². The van der Waals surface area contributed by atoms with Gasteiger partial charge in [0.15, 0.2) is 6.29 Å². The van der Waals surface area contributed by atoms with Gasteiger partial charge in [-0.15, -0.1) is 0 Å². The Hall–Kier alpha value is -2.42. The summed E-state index contributed by atoms with van der Waals surface area (Å²) in [5, 5.41) is 0. The standard InChI is InChI=1S/C15H12O3/c16-9-12-4-3-5-13(8-12)11-18-15-7-2-1-6-14(15)10-17/h1-10H,11H2. The van der Waals surface area contributed by atoms with Crippen molar-refractivity contribution in [2.45, 2.75) is 6.61 Å². The van der Waals surface area contributed by atoms with E-state index in [2.05, 4.69) is 0 Å². The highest BCUT2D eigenvalue weighted by Gasteiger charge is 2.02. The van der Waals surface area contributed by atoms with Crippen molar-refractivity contribution in [1.82, 2.24) is 0 Å².